The van der Waals surface area contributed by atoms with Gasteiger partial charge in [-0.05, 0) is 12.1 Å². The maximum atomic E-state index is 12.7. The maximum absolute atomic E-state index is 12.7. The van der Waals surface area contributed by atoms with Crippen molar-refractivity contribution in [2.45, 2.75) is 12.6 Å². The van der Waals surface area contributed by atoms with E-state index in [1.165, 1.54) is 11.6 Å². The van der Waals surface area contributed by atoms with Crippen LogP contribution in [0.25, 0.3) is 11.2 Å². The molecule has 3 rings (SSSR count). The first kappa shape index (κ1) is 18.7. The van der Waals surface area contributed by atoms with Crippen molar-refractivity contribution in [3.63, 3.8) is 0 Å². The van der Waals surface area contributed by atoms with Crippen molar-refractivity contribution in [1.29, 1.82) is 0 Å². The highest BCUT2D eigenvalue weighted by Crippen LogP contribution is 2.18. The Bertz CT molecular complexity index is 1070. The number of hydrogen-bond donors (Lipinski definition) is 1. The van der Waals surface area contributed by atoms with Gasteiger partial charge in [0.25, 0.3) is 5.56 Å². The lowest BCUT2D eigenvalue weighted by molar-refractivity contribution is 0.0937. The van der Waals surface area contributed by atoms with Gasteiger partial charge in [-0.15, -0.1) is 0 Å². The number of aliphatic hydroxyl groups is 1. The van der Waals surface area contributed by atoms with E-state index in [4.69, 9.17) is 4.74 Å². The summed E-state index contributed by atoms with van der Waals surface area (Å²) in [5, 5.41) is 10.5. The van der Waals surface area contributed by atoms with Crippen LogP contribution in [0.5, 0.6) is 5.75 Å². The Morgan fingerprint density at radius 2 is 1.81 bits per heavy atom. The SMILES string of the molecule is CN(C)c1nc2c(c(=O)n(C)c(=O)n2C)n1C[C@H](O)COc1ccccc1. The zero-order valence-corrected chi connectivity index (χ0v) is 15.8. The van der Waals surface area contributed by atoms with Crippen LogP contribution in [0.3, 0.4) is 0 Å². The zero-order chi connectivity index (χ0) is 19.7. The van der Waals surface area contributed by atoms with Crippen molar-refractivity contribution in [2.24, 2.45) is 14.1 Å². The number of anilines is 1. The van der Waals surface area contributed by atoms with Crippen molar-refractivity contribution in [3.8, 4) is 5.75 Å². The van der Waals surface area contributed by atoms with E-state index in [9.17, 15) is 14.7 Å². The molecular weight excluding hydrogens is 350 g/mol. The summed E-state index contributed by atoms with van der Waals surface area (Å²) in [6.45, 7) is 0.160. The summed E-state index contributed by atoms with van der Waals surface area (Å²) in [6.07, 6.45) is -0.872. The molecule has 0 bridgehead atoms. The van der Waals surface area contributed by atoms with Crippen LogP contribution in [-0.4, -0.2) is 50.6 Å². The van der Waals surface area contributed by atoms with Crippen LogP contribution in [-0.2, 0) is 20.6 Å². The van der Waals surface area contributed by atoms with E-state index in [0.717, 1.165) is 4.57 Å². The number of aliphatic hydroxyl groups excluding tert-OH is 1. The molecule has 0 radical (unpaired) electrons. The van der Waals surface area contributed by atoms with E-state index in [2.05, 4.69) is 4.98 Å². The van der Waals surface area contributed by atoms with Gasteiger partial charge in [0.15, 0.2) is 11.2 Å². The first-order valence-electron chi connectivity index (χ1n) is 8.50. The van der Waals surface area contributed by atoms with E-state index in [-0.39, 0.29) is 24.3 Å². The standard InChI is InChI=1S/C18H23N5O4/c1-20(2)17-19-15-14(16(25)22(4)18(26)21(15)3)23(17)10-12(24)11-27-13-8-6-5-7-9-13/h5-9,12,24H,10-11H2,1-4H3/t12-/m0/s1. The third kappa shape index (κ3) is 3.45. The van der Waals surface area contributed by atoms with Crippen LogP contribution < -0.4 is 20.9 Å². The molecule has 2 heterocycles. The second-order valence-corrected chi connectivity index (χ2v) is 6.57. The molecule has 0 saturated carbocycles. The average molecular weight is 373 g/mol. The van der Waals surface area contributed by atoms with Crippen molar-refractivity contribution in [3.05, 3.63) is 51.2 Å². The molecule has 2 aromatic heterocycles. The third-order valence-corrected chi connectivity index (χ3v) is 4.31. The highest BCUT2D eigenvalue weighted by molar-refractivity contribution is 5.74. The van der Waals surface area contributed by atoms with Gasteiger partial charge in [-0.25, -0.2) is 4.79 Å². The summed E-state index contributed by atoms with van der Waals surface area (Å²) in [7, 11) is 6.56. The molecule has 0 unspecified atom stereocenters. The number of imidazole rings is 1. The molecule has 27 heavy (non-hydrogen) atoms. The Morgan fingerprint density at radius 3 is 2.44 bits per heavy atom. The molecule has 9 heteroatoms. The third-order valence-electron chi connectivity index (χ3n) is 4.31. The van der Waals surface area contributed by atoms with Gasteiger partial charge >= 0.3 is 5.69 Å². The fourth-order valence-corrected chi connectivity index (χ4v) is 2.92. The first-order chi connectivity index (χ1) is 12.8. The second-order valence-electron chi connectivity index (χ2n) is 6.57. The van der Waals surface area contributed by atoms with Gasteiger partial charge < -0.3 is 19.3 Å². The smallest absolute Gasteiger partial charge is 0.332 e. The van der Waals surface area contributed by atoms with E-state index in [1.54, 1.807) is 42.7 Å². The van der Waals surface area contributed by atoms with Crippen molar-refractivity contribution >= 4 is 17.1 Å². The number of aryl methyl sites for hydroxylation is 1. The molecule has 9 nitrogen and oxygen atoms in total. The molecule has 0 amide bonds. The molecule has 1 aromatic carbocycles. The Balaban J connectivity index is 1.98. The largest absolute Gasteiger partial charge is 0.491 e. The maximum Gasteiger partial charge on any atom is 0.332 e. The average Bonchev–Trinajstić information content (AvgIpc) is 3.03. The molecule has 0 aliphatic carbocycles. The molecule has 0 aliphatic heterocycles. The normalized spacial score (nSPS) is 12.3. The molecule has 144 valence electrons. The van der Waals surface area contributed by atoms with Crippen LogP contribution in [0.2, 0.25) is 0 Å². The Labute approximate surface area is 155 Å². The van der Waals surface area contributed by atoms with Crippen LogP contribution in [0, 0.1) is 0 Å². The highest BCUT2D eigenvalue weighted by atomic mass is 16.5. The Morgan fingerprint density at radius 1 is 1.15 bits per heavy atom. The lowest BCUT2D eigenvalue weighted by Crippen LogP contribution is -2.38. The molecule has 3 aromatic rings. The topological polar surface area (TPSA) is 94.5 Å². The molecule has 0 fully saturated rings. The van der Waals surface area contributed by atoms with Gasteiger partial charge in [0.05, 0.1) is 6.54 Å². The van der Waals surface area contributed by atoms with Crippen molar-refractivity contribution in [1.82, 2.24) is 18.7 Å². The predicted molar refractivity (Wildman–Crippen MR) is 102 cm³/mol. The van der Waals surface area contributed by atoms with Crippen molar-refractivity contribution < 1.29 is 9.84 Å². The summed E-state index contributed by atoms with van der Waals surface area (Å²) in [5.74, 6) is 1.13. The van der Waals surface area contributed by atoms with Gasteiger partial charge in [-0.3, -0.25) is 13.9 Å². The highest BCUT2D eigenvalue weighted by Gasteiger charge is 2.22. The minimum absolute atomic E-state index is 0.0582. The Kier molecular flexibility index (Phi) is 5.04. The lowest BCUT2D eigenvalue weighted by Gasteiger charge is -2.18. The van der Waals surface area contributed by atoms with Gasteiger partial charge in [-0.2, -0.15) is 4.98 Å². The first-order valence-corrected chi connectivity index (χ1v) is 8.50. The number of fused-ring (bicyclic) bond motifs is 1. The van der Waals surface area contributed by atoms with Gasteiger partial charge in [-0.1, -0.05) is 18.2 Å². The molecular formula is C18H23N5O4. The van der Waals surface area contributed by atoms with Crippen LogP contribution >= 0.6 is 0 Å². The minimum atomic E-state index is -0.872. The number of para-hydroxylation sites is 1. The molecule has 1 N–H and O–H groups in total. The van der Waals surface area contributed by atoms with E-state index in [0.29, 0.717) is 11.7 Å². The van der Waals surface area contributed by atoms with Gasteiger partial charge in [0.1, 0.15) is 18.5 Å². The summed E-state index contributed by atoms with van der Waals surface area (Å²) in [6, 6.07) is 9.18. The predicted octanol–water partition coefficient (Wildman–Crippen LogP) is -0.0604. The second kappa shape index (κ2) is 7.28. The van der Waals surface area contributed by atoms with Crippen molar-refractivity contribution in [2.75, 3.05) is 25.6 Å². The number of rotatable bonds is 6. The summed E-state index contributed by atoms with van der Waals surface area (Å²) < 4.78 is 9.57. The fourth-order valence-electron chi connectivity index (χ4n) is 2.92. The zero-order valence-electron chi connectivity index (χ0n) is 15.8. The molecule has 0 spiro atoms. The number of aromatic nitrogens is 4. The number of ether oxygens (including phenoxy) is 1. The van der Waals surface area contributed by atoms with Gasteiger partial charge in [0.2, 0.25) is 5.95 Å². The summed E-state index contributed by atoms with van der Waals surface area (Å²) in [4.78, 5) is 31.0. The van der Waals surface area contributed by atoms with Gasteiger partial charge in [0, 0.05) is 28.2 Å². The number of hydrogen-bond acceptors (Lipinski definition) is 6. The minimum Gasteiger partial charge on any atom is -0.491 e. The molecule has 0 saturated heterocycles. The fraction of sp³-hybridized carbons (Fsp3) is 0.389. The summed E-state index contributed by atoms with van der Waals surface area (Å²) in [5.41, 5.74) is -0.356. The van der Waals surface area contributed by atoms with Crippen LogP contribution in [0.1, 0.15) is 0 Å². The number of benzene rings is 1. The monoisotopic (exact) mass is 373 g/mol. The van der Waals surface area contributed by atoms with Crippen LogP contribution in [0.15, 0.2) is 39.9 Å². The Hall–Kier alpha value is -3.07. The van der Waals surface area contributed by atoms with E-state index in [1.807, 2.05) is 18.2 Å². The molecule has 1 atom stereocenters. The molecule has 0 aliphatic rings. The number of nitrogens with zero attached hydrogens (tertiary/aromatic N) is 5. The quantitative estimate of drug-likeness (QED) is 0.651. The summed E-state index contributed by atoms with van der Waals surface area (Å²) >= 11 is 0. The van der Waals surface area contributed by atoms with E-state index >= 15 is 0 Å². The van der Waals surface area contributed by atoms with E-state index < -0.39 is 17.4 Å². The lowest BCUT2D eigenvalue weighted by atomic mass is 10.3. The van der Waals surface area contributed by atoms with Crippen LogP contribution in [0.4, 0.5) is 5.95 Å².